The van der Waals surface area contributed by atoms with E-state index in [9.17, 15) is 18.4 Å². The minimum absolute atomic E-state index is 0.0924. The van der Waals surface area contributed by atoms with E-state index in [1.807, 2.05) is 29.9 Å². The number of alkyl halides is 1. The molecule has 4 aromatic rings. The first-order chi connectivity index (χ1) is 19.8. The molecule has 10 heteroatoms. The fourth-order valence-corrected chi connectivity index (χ4v) is 6.12. The van der Waals surface area contributed by atoms with Crippen LogP contribution in [0, 0.1) is 11.7 Å². The molecule has 0 radical (unpaired) electrons. The van der Waals surface area contributed by atoms with Gasteiger partial charge in [0, 0.05) is 38.1 Å². The summed E-state index contributed by atoms with van der Waals surface area (Å²) >= 11 is 0. The highest BCUT2D eigenvalue weighted by molar-refractivity contribution is 5.95. The van der Waals surface area contributed by atoms with Crippen LogP contribution in [0.4, 0.5) is 8.78 Å². The number of hydrogen-bond acceptors (Lipinski definition) is 7. The molecule has 2 fully saturated rings. The van der Waals surface area contributed by atoms with E-state index in [2.05, 4.69) is 4.98 Å². The Labute approximate surface area is 236 Å². The Morgan fingerprint density at radius 2 is 1.93 bits per heavy atom. The van der Waals surface area contributed by atoms with Gasteiger partial charge in [0.2, 0.25) is 5.89 Å². The van der Waals surface area contributed by atoms with Crippen molar-refractivity contribution in [2.24, 2.45) is 13.0 Å². The summed E-state index contributed by atoms with van der Waals surface area (Å²) in [5.41, 5.74) is 3.40. The fourth-order valence-electron chi connectivity index (χ4n) is 6.12. The van der Waals surface area contributed by atoms with Crippen LogP contribution in [0.1, 0.15) is 37.7 Å². The van der Waals surface area contributed by atoms with Crippen molar-refractivity contribution in [2.75, 3.05) is 20.2 Å². The van der Waals surface area contributed by atoms with Crippen molar-refractivity contribution in [3.63, 3.8) is 0 Å². The Balaban J connectivity index is 1.20. The first-order valence-corrected chi connectivity index (χ1v) is 14.1. The molecular formula is C31H33F2N3O5. The molecule has 1 saturated heterocycles. The Morgan fingerprint density at radius 3 is 2.66 bits per heavy atom. The van der Waals surface area contributed by atoms with E-state index < -0.39 is 12.4 Å². The van der Waals surface area contributed by atoms with Crippen molar-refractivity contribution in [3.8, 4) is 11.5 Å². The SMILES string of the molecule is COC(=O)C1CCC(OC(C(=O)Cc2ccc3nc(-c4cn(C)c5cc(F)ccc45)oc3c2)N2CC[C@H](F)C2)CC1. The number of methoxy groups -OCH3 is 1. The number of Topliss-reactive ketones (excluding diaryl/α,β-unsaturated/α-hetero) is 1. The van der Waals surface area contributed by atoms with Crippen LogP contribution >= 0.6 is 0 Å². The number of rotatable bonds is 8. The third-order valence-electron chi connectivity index (χ3n) is 8.31. The molecule has 1 saturated carbocycles. The second-order valence-electron chi connectivity index (χ2n) is 11.1. The quantitative estimate of drug-likeness (QED) is 0.266. The Bertz CT molecular complexity index is 1590. The van der Waals surface area contributed by atoms with Crippen molar-refractivity contribution < 1.29 is 32.3 Å². The van der Waals surface area contributed by atoms with Crippen LogP contribution in [0.3, 0.4) is 0 Å². The number of fused-ring (bicyclic) bond motifs is 2. The normalized spacial score (nSPS) is 22.4. The number of likely N-dealkylation sites (tertiary alicyclic amines) is 1. The predicted octanol–water partition coefficient (Wildman–Crippen LogP) is 5.36. The molecule has 2 atom stereocenters. The van der Waals surface area contributed by atoms with E-state index in [1.165, 1.54) is 19.2 Å². The molecule has 0 amide bonds. The zero-order valence-corrected chi connectivity index (χ0v) is 23.1. The number of carbonyl (C=O) groups is 2. The largest absolute Gasteiger partial charge is 0.469 e. The van der Waals surface area contributed by atoms with Crippen molar-refractivity contribution in [2.45, 2.75) is 57.0 Å². The zero-order chi connectivity index (χ0) is 28.7. The number of nitrogens with zero attached hydrogens (tertiary/aromatic N) is 3. The summed E-state index contributed by atoms with van der Waals surface area (Å²) in [5.74, 6) is -0.412. The number of aryl methyl sites for hydroxylation is 1. The topological polar surface area (TPSA) is 86.8 Å². The summed E-state index contributed by atoms with van der Waals surface area (Å²) in [6.45, 7) is 0.613. The summed E-state index contributed by atoms with van der Waals surface area (Å²) < 4.78 is 47.0. The van der Waals surface area contributed by atoms with Crippen LogP contribution in [0.2, 0.25) is 0 Å². The van der Waals surface area contributed by atoms with E-state index in [4.69, 9.17) is 13.9 Å². The van der Waals surface area contributed by atoms with Crippen molar-refractivity contribution in [3.05, 3.63) is 54.0 Å². The highest BCUT2D eigenvalue weighted by Crippen LogP contribution is 2.33. The molecule has 2 aliphatic rings. The Hall–Kier alpha value is -3.63. The maximum absolute atomic E-state index is 14.1. The molecule has 2 aromatic carbocycles. The lowest BCUT2D eigenvalue weighted by molar-refractivity contribution is -0.158. The standard InChI is InChI=1S/C31H33F2N3O5/c1-35-17-24(23-9-6-20(32)15-26(23)35)29-34-25-10-3-18(14-28(25)41-29)13-27(37)30(36-12-11-21(33)16-36)40-22-7-4-19(5-8-22)31(38)39-2/h3,6,9-10,14-15,17,19,21-22,30H,4-5,7-8,11-13,16H2,1-2H3/t19?,21-,22?,30?/m0/s1. The molecule has 6 rings (SSSR count). The van der Waals surface area contributed by atoms with E-state index in [1.54, 1.807) is 17.0 Å². The number of benzene rings is 2. The van der Waals surface area contributed by atoms with E-state index in [0.717, 1.165) is 22.0 Å². The van der Waals surface area contributed by atoms with E-state index in [-0.39, 0.29) is 42.6 Å². The van der Waals surface area contributed by atoms with Gasteiger partial charge < -0.3 is 18.5 Å². The molecule has 1 aliphatic carbocycles. The maximum atomic E-state index is 14.1. The monoisotopic (exact) mass is 565 g/mol. The Morgan fingerprint density at radius 1 is 1.12 bits per heavy atom. The number of halogens is 2. The number of ether oxygens (including phenoxy) is 2. The molecule has 41 heavy (non-hydrogen) atoms. The summed E-state index contributed by atoms with van der Waals surface area (Å²) in [6, 6.07) is 10.0. The third kappa shape index (κ3) is 5.63. The number of oxazole rings is 1. The predicted molar refractivity (Wildman–Crippen MR) is 148 cm³/mol. The molecule has 0 N–H and O–H groups in total. The molecular weight excluding hydrogens is 532 g/mol. The average molecular weight is 566 g/mol. The number of hydrogen-bond donors (Lipinski definition) is 0. The Kier molecular flexibility index (Phi) is 7.61. The number of esters is 1. The molecule has 0 spiro atoms. The highest BCUT2D eigenvalue weighted by atomic mass is 19.1. The summed E-state index contributed by atoms with van der Waals surface area (Å²) in [5, 5.41) is 0.827. The van der Waals surface area contributed by atoms with Gasteiger partial charge >= 0.3 is 5.97 Å². The number of ketones is 1. The molecule has 3 heterocycles. The molecule has 8 nitrogen and oxygen atoms in total. The highest BCUT2D eigenvalue weighted by Gasteiger charge is 2.36. The first-order valence-electron chi connectivity index (χ1n) is 14.1. The van der Waals surface area contributed by atoms with Crippen LogP contribution in [-0.2, 0) is 32.5 Å². The fraction of sp³-hybridized carbons (Fsp3) is 0.452. The smallest absolute Gasteiger partial charge is 0.308 e. The molecule has 216 valence electrons. The molecule has 2 aromatic heterocycles. The summed E-state index contributed by atoms with van der Waals surface area (Å²) in [7, 11) is 3.23. The molecule has 1 unspecified atom stereocenters. The number of carbonyl (C=O) groups excluding carboxylic acids is 2. The van der Waals surface area contributed by atoms with Crippen molar-refractivity contribution >= 4 is 33.8 Å². The second kappa shape index (κ2) is 11.3. The van der Waals surface area contributed by atoms with E-state index >= 15 is 0 Å². The van der Waals surface area contributed by atoms with Crippen LogP contribution in [0.15, 0.2) is 47.0 Å². The minimum Gasteiger partial charge on any atom is -0.469 e. The van der Waals surface area contributed by atoms with Gasteiger partial charge in [0.25, 0.3) is 0 Å². The van der Waals surface area contributed by atoms with Gasteiger partial charge in [0.15, 0.2) is 17.6 Å². The van der Waals surface area contributed by atoms with E-state index in [0.29, 0.717) is 55.6 Å². The first kappa shape index (κ1) is 27.5. The minimum atomic E-state index is -0.988. The van der Waals surface area contributed by atoms with Gasteiger partial charge in [-0.15, -0.1) is 0 Å². The lowest BCUT2D eigenvalue weighted by Gasteiger charge is -2.33. The lowest BCUT2D eigenvalue weighted by Crippen LogP contribution is -2.45. The van der Waals surface area contributed by atoms with Gasteiger partial charge in [0.05, 0.1) is 30.2 Å². The van der Waals surface area contributed by atoms with Crippen LogP contribution < -0.4 is 0 Å². The average Bonchev–Trinajstić information content (AvgIpc) is 3.68. The zero-order valence-electron chi connectivity index (χ0n) is 23.1. The summed E-state index contributed by atoms with van der Waals surface area (Å²) in [4.78, 5) is 31.9. The van der Waals surface area contributed by atoms with Gasteiger partial charge in [-0.25, -0.2) is 13.8 Å². The second-order valence-corrected chi connectivity index (χ2v) is 11.1. The van der Waals surface area contributed by atoms with Crippen molar-refractivity contribution in [1.82, 2.24) is 14.5 Å². The van der Waals surface area contributed by atoms with Crippen LogP contribution in [0.5, 0.6) is 0 Å². The van der Waals surface area contributed by atoms with Gasteiger partial charge in [-0.05, 0) is 68.0 Å². The third-order valence-corrected chi connectivity index (χ3v) is 8.31. The maximum Gasteiger partial charge on any atom is 0.308 e. The molecule has 0 bridgehead atoms. The molecule has 1 aliphatic heterocycles. The van der Waals surface area contributed by atoms with Crippen LogP contribution in [-0.4, -0.2) is 64.9 Å². The number of aromatic nitrogens is 2. The van der Waals surface area contributed by atoms with Gasteiger partial charge in [-0.1, -0.05) is 6.07 Å². The van der Waals surface area contributed by atoms with Crippen molar-refractivity contribution in [1.29, 1.82) is 0 Å². The van der Waals surface area contributed by atoms with Crippen LogP contribution in [0.25, 0.3) is 33.5 Å². The van der Waals surface area contributed by atoms with Gasteiger partial charge in [-0.2, -0.15) is 0 Å². The van der Waals surface area contributed by atoms with Gasteiger partial charge in [0.1, 0.15) is 17.5 Å². The lowest BCUT2D eigenvalue weighted by atomic mass is 9.87. The van der Waals surface area contributed by atoms with Gasteiger partial charge in [-0.3, -0.25) is 14.5 Å². The summed E-state index contributed by atoms with van der Waals surface area (Å²) in [6.07, 6.45) is 2.86.